The number of hydrogen-bond donors (Lipinski definition) is 0. The third-order valence-corrected chi connectivity index (χ3v) is 4.48. The van der Waals surface area contributed by atoms with Gasteiger partial charge in [-0.15, -0.1) is 0 Å². The van der Waals surface area contributed by atoms with Crippen LogP contribution < -0.4 is 0 Å². The molecule has 0 atom stereocenters. The Balaban J connectivity index is 2.15. The predicted molar refractivity (Wildman–Crippen MR) is 113 cm³/mol. The van der Waals surface area contributed by atoms with Gasteiger partial charge in [-0.1, -0.05) is 48.0 Å². The summed E-state index contributed by atoms with van der Waals surface area (Å²) in [6.45, 7) is 11.1. The van der Waals surface area contributed by atoms with Crippen LogP contribution in [0.3, 0.4) is 0 Å². The van der Waals surface area contributed by atoms with Crippen molar-refractivity contribution >= 4 is 11.9 Å². The molecule has 3 rings (SSSR count). The molecule has 0 aliphatic rings. The number of nitrogens with zero attached hydrogens (tertiary/aromatic N) is 2. The van der Waals surface area contributed by atoms with E-state index in [1.54, 1.807) is 26.8 Å². The molecule has 150 valence electrons. The fourth-order valence-corrected chi connectivity index (χ4v) is 3.40. The van der Waals surface area contributed by atoms with E-state index in [2.05, 4.69) is 5.10 Å². The van der Waals surface area contributed by atoms with Crippen LogP contribution in [-0.2, 0) is 4.74 Å². The van der Waals surface area contributed by atoms with Crippen molar-refractivity contribution in [3.05, 3.63) is 76.5 Å². The van der Waals surface area contributed by atoms with Gasteiger partial charge in [-0.05, 0) is 58.7 Å². The molecule has 0 aliphatic heterocycles. The Morgan fingerprint density at radius 1 is 0.931 bits per heavy atom. The largest absolute Gasteiger partial charge is 0.442 e. The fourth-order valence-electron chi connectivity index (χ4n) is 3.40. The lowest BCUT2D eigenvalue weighted by atomic mass is 9.95. The van der Waals surface area contributed by atoms with Gasteiger partial charge in [-0.3, -0.25) is 4.79 Å². The molecule has 3 aromatic rings. The average Bonchev–Trinajstić information content (AvgIpc) is 3.05. The van der Waals surface area contributed by atoms with E-state index in [1.165, 1.54) is 0 Å². The molecule has 29 heavy (non-hydrogen) atoms. The first kappa shape index (κ1) is 20.5. The summed E-state index contributed by atoms with van der Waals surface area (Å²) < 4.78 is 6.57. The molecule has 5 nitrogen and oxygen atoms in total. The summed E-state index contributed by atoms with van der Waals surface area (Å²) in [7, 11) is 0. The Bertz CT molecular complexity index is 1050. The lowest BCUT2D eigenvalue weighted by molar-refractivity contribution is 0.0506. The van der Waals surface area contributed by atoms with Crippen molar-refractivity contribution in [2.45, 2.75) is 47.1 Å². The third kappa shape index (κ3) is 4.45. The topological polar surface area (TPSA) is 61.2 Å². The second kappa shape index (κ2) is 7.66. The Morgan fingerprint density at radius 3 is 2.07 bits per heavy atom. The number of ketones is 1. The van der Waals surface area contributed by atoms with Crippen LogP contribution in [0, 0.1) is 20.8 Å². The second-order valence-corrected chi connectivity index (χ2v) is 8.28. The number of carbonyl (C=O) groups is 2. The summed E-state index contributed by atoms with van der Waals surface area (Å²) in [6.07, 6.45) is -0.676. The van der Waals surface area contributed by atoms with E-state index in [9.17, 15) is 9.59 Å². The highest BCUT2D eigenvalue weighted by Crippen LogP contribution is 2.25. The van der Waals surface area contributed by atoms with Crippen LogP contribution in [0.25, 0.3) is 11.3 Å². The highest BCUT2D eigenvalue weighted by molar-refractivity contribution is 6.11. The molecule has 0 aliphatic carbocycles. The summed E-state index contributed by atoms with van der Waals surface area (Å²) in [5, 5.41) is 4.41. The van der Waals surface area contributed by atoms with E-state index in [4.69, 9.17) is 4.74 Å². The normalized spacial score (nSPS) is 11.4. The van der Waals surface area contributed by atoms with Gasteiger partial charge in [0, 0.05) is 11.1 Å². The highest BCUT2D eigenvalue weighted by atomic mass is 16.6. The summed E-state index contributed by atoms with van der Waals surface area (Å²) >= 11 is 0. The summed E-state index contributed by atoms with van der Waals surface area (Å²) in [6, 6.07) is 15.0. The van der Waals surface area contributed by atoms with E-state index in [0.717, 1.165) is 26.9 Å². The monoisotopic (exact) mass is 390 g/mol. The van der Waals surface area contributed by atoms with Crippen LogP contribution >= 0.6 is 0 Å². The molecular formula is C24H26N2O3. The van der Waals surface area contributed by atoms with E-state index < -0.39 is 11.7 Å². The summed E-state index contributed by atoms with van der Waals surface area (Å²) in [4.78, 5) is 26.3. The molecule has 0 saturated heterocycles. The number of aryl methyl sites for hydroxylation is 3. The minimum absolute atomic E-state index is 0.188. The van der Waals surface area contributed by atoms with Crippen molar-refractivity contribution in [1.82, 2.24) is 9.78 Å². The molecule has 0 saturated carbocycles. The Labute approximate surface area is 171 Å². The molecule has 0 fully saturated rings. The predicted octanol–water partition coefficient (Wildman–Crippen LogP) is 5.49. The molecule has 1 aromatic heterocycles. The van der Waals surface area contributed by atoms with Gasteiger partial charge in [0.05, 0.1) is 5.69 Å². The van der Waals surface area contributed by atoms with E-state index in [1.807, 2.05) is 63.2 Å². The fraction of sp³-hybridized carbons (Fsp3) is 0.292. The number of benzene rings is 2. The van der Waals surface area contributed by atoms with Crippen LogP contribution in [0.4, 0.5) is 4.79 Å². The molecular weight excluding hydrogens is 364 g/mol. The van der Waals surface area contributed by atoms with Crippen LogP contribution in [0.15, 0.2) is 48.5 Å². The zero-order chi connectivity index (χ0) is 21.3. The third-order valence-electron chi connectivity index (χ3n) is 4.48. The number of aromatic nitrogens is 2. The second-order valence-electron chi connectivity index (χ2n) is 8.28. The standard InChI is InChI=1S/C24H26N2O3/c1-15-12-16(2)21(17(3)13-15)22(27)20-14-19(18-10-8-7-9-11-18)25-26(20)23(28)29-24(4,5)6/h7-14H,1-6H3. The highest BCUT2D eigenvalue weighted by Gasteiger charge is 2.27. The van der Waals surface area contributed by atoms with Crippen molar-refractivity contribution in [3.63, 3.8) is 0 Å². The van der Waals surface area contributed by atoms with Gasteiger partial charge in [0.25, 0.3) is 0 Å². The Hall–Kier alpha value is -3.21. The molecule has 1 heterocycles. The van der Waals surface area contributed by atoms with Crippen molar-refractivity contribution in [2.75, 3.05) is 0 Å². The van der Waals surface area contributed by atoms with Gasteiger partial charge < -0.3 is 4.74 Å². The van der Waals surface area contributed by atoms with Crippen molar-refractivity contribution in [3.8, 4) is 11.3 Å². The molecule has 0 N–H and O–H groups in total. The number of hydrogen-bond acceptors (Lipinski definition) is 4. The maximum absolute atomic E-state index is 13.5. The van der Waals surface area contributed by atoms with E-state index in [0.29, 0.717) is 11.3 Å². The molecule has 2 aromatic carbocycles. The quantitative estimate of drug-likeness (QED) is 0.555. The number of rotatable bonds is 3. The van der Waals surface area contributed by atoms with Crippen LogP contribution in [0.1, 0.15) is 53.5 Å². The smallest absolute Gasteiger partial charge is 0.435 e. The lowest BCUT2D eigenvalue weighted by Crippen LogP contribution is -2.29. The zero-order valence-corrected chi connectivity index (χ0v) is 17.7. The van der Waals surface area contributed by atoms with Gasteiger partial charge >= 0.3 is 6.09 Å². The van der Waals surface area contributed by atoms with Crippen molar-refractivity contribution in [2.24, 2.45) is 0 Å². The zero-order valence-electron chi connectivity index (χ0n) is 17.7. The summed E-state index contributed by atoms with van der Waals surface area (Å²) in [5.41, 5.74) is 4.25. The van der Waals surface area contributed by atoms with Crippen LogP contribution in [0.2, 0.25) is 0 Å². The molecule has 0 bridgehead atoms. The molecule has 0 radical (unpaired) electrons. The van der Waals surface area contributed by atoms with Gasteiger partial charge in [0.1, 0.15) is 11.3 Å². The van der Waals surface area contributed by atoms with Gasteiger partial charge in [-0.25, -0.2) is 4.79 Å². The van der Waals surface area contributed by atoms with Gasteiger partial charge in [-0.2, -0.15) is 9.78 Å². The van der Waals surface area contributed by atoms with Crippen molar-refractivity contribution in [1.29, 1.82) is 0 Å². The first-order valence-corrected chi connectivity index (χ1v) is 9.58. The minimum Gasteiger partial charge on any atom is -0.442 e. The summed E-state index contributed by atoms with van der Waals surface area (Å²) in [5.74, 6) is -0.249. The minimum atomic E-state index is -0.702. The van der Waals surface area contributed by atoms with Gasteiger partial charge in [0.15, 0.2) is 0 Å². The van der Waals surface area contributed by atoms with Gasteiger partial charge in [0.2, 0.25) is 5.78 Å². The maximum atomic E-state index is 13.5. The molecule has 0 spiro atoms. The number of carbonyl (C=O) groups excluding carboxylic acids is 2. The average molecular weight is 390 g/mol. The van der Waals surface area contributed by atoms with E-state index >= 15 is 0 Å². The van der Waals surface area contributed by atoms with E-state index in [-0.39, 0.29) is 11.5 Å². The first-order chi connectivity index (χ1) is 13.6. The first-order valence-electron chi connectivity index (χ1n) is 9.58. The maximum Gasteiger partial charge on any atom is 0.435 e. The molecule has 5 heteroatoms. The molecule has 0 amide bonds. The SMILES string of the molecule is Cc1cc(C)c(C(=O)c2cc(-c3ccccc3)nn2C(=O)OC(C)(C)C)c(C)c1. The Morgan fingerprint density at radius 2 is 1.52 bits per heavy atom. The lowest BCUT2D eigenvalue weighted by Gasteiger charge is -2.19. The Kier molecular flexibility index (Phi) is 5.42. The van der Waals surface area contributed by atoms with Crippen LogP contribution in [-0.4, -0.2) is 27.3 Å². The number of ether oxygens (including phenoxy) is 1. The van der Waals surface area contributed by atoms with Crippen LogP contribution in [0.5, 0.6) is 0 Å². The van der Waals surface area contributed by atoms with Crippen molar-refractivity contribution < 1.29 is 14.3 Å². The molecule has 0 unspecified atom stereocenters.